The lowest BCUT2D eigenvalue weighted by atomic mass is 10.1. The Morgan fingerprint density at radius 2 is 1.90 bits per heavy atom. The van der Waals surface area contributed by atoms with E-state index >= 15 is 0 Å². The summed E-state index contributed by atoms with van der Waals surface area (Å²) in [7, 11) is 0. The first kappa shape index (κ1) is 17.3. The number of rotatable bonds is 9. The van der Waals surface area contributed by atoms with Crippen LogP contribution in [-0.2, 0) is 25.7 Å². The second-order valence-corrected chi connectivity index (χ2v) is 4.60. The minimum absolute atomic E-state index is 0.165. The second-order valence-electron chi connectivity index (χ2n) is 4.60. The lowest BCUT2D eigenvalue weighted by Crippen LogP contribution is -2.42. The number of hydrogen-bond acceptors (Lipinski definition) is 6. The molecule has 6 nitrogen and oxygen atoms in total. The molecule has 1 aromatic carbocycles. The number of esters is 1. The maximum Gasteiger partial charge on any atom is 0.302 e. The molecule has 21 heavy (non-hydrogen) atoms. The molecule has 6 heteroatoms. The number of benzene rings is 1. The SMILES string of the molecule is CC(=O)OC[C@@H](O)[C@H](OCc1ccccc1)[C@@H](O)CC=O. The van der Waals surface area contributed by atoms with Crippen molar-refractivity contribution in [2.45, 2.75) is 38.3 Å². The number of hydrogen-bond donors (Lipinski definition) is 2. The molecule has 0 aliphatic carbocycles. The van der Waals surface area contributed by atoms with E-state index in [2.05, 4.69) is 0 Å². The Morgan fingerprint density at radius 1 is 1.24 bits per heavy atom. The highest BCUT2D eigenvalue weighted by atomic mass is 16.6. The third kappa shape index (κ3) is 6.48. The van der Waals surface area contributed by atoms with E-state index in [1.165, 1.54) is 6.92 Å². The molecule has 0 spiro atoms. The molecule has 0 saturated heterocycles. The lowest BCUT2D eigenvalue weighted by molar-refractivity contribution is -0.155. The molecule has 0 aliphatic rings. The van der Waals surface area contributed by atoms with Crippen molar-refractivity contribution in [1.29, 1.82) is 0 Å². The predicted molar refractivity (Wildman–Crippen MR) is 74.3 cm³/mol. The molecule has 0 fully saturated rings. The molecule has 0 heterocycles. The van der Waals surface area contributed by atoms with Crippen LogP contribution in [0.5, 0.6) is 0 Å². The van der Waals surface area contributed by atoms with Crippen molar-refractivity contribution in [3.63, 3.8) is 0 Å². The summed E-state index contributed by atoms with van der Waals surface area (Å²) in [6.45, 7) is 1.08. The predicted octanol–water partition coefficient (Wildman–Crippen LogP) is 0.446. The van der Waals surface area contributed by atoms with Gasteiger partial charge in [-0.1, -0.05) is 30.3 Å². The van der Waals surface area contributed by atoms with E-state index in [0.29, 0.717) is 6.29 Å². The Morgan fingerprint density at radius 3 is 2.48 bits per heavy atom. The van der Waals surface area contributed by atoms with E-state index in [1.807, 2.05) is 30.3 Å². The summed E-state index contributed by atoms with van der Waals surface area (Å²) >= 11 is 0. The van der Waals surface area contributed by atoms with Crippen molar-refractivity contribution in [3.05, 3.63) is 35.9 Å². The van der Waals surface area contributed by atoms with E-state index in [9.17, 15) is 19.8 Å². The molecule has 1 rings (SSSR count). The quantitative estimate of drug-likeness (QED) is 0.507. The maximum atomic E-state index is 10.8. The van der Waals surface area contributed by atoms with Crippen LogP contribution in [0.1, 0.15) is 18.9 Å². The standard InChI is InChI=1S/C15H20O6/c1-11(17)20-10-14(19)15(13(18)7-8-16)21-9-12-5-3-2-4-6-12/h2-6,8,13-15,18-19H,7,9-10H2,1H3/t13-,14+,15+/m0/s1. The molecule has 0 saturated carbocycles. The van der Waals surface area contributed by atoms with Gasteiger partial charge in [-0.3, -0.25) is 4.79 Å². The van der Waals surface area contributed by atoms with Crippen LogP contribution in [0.25, 0.3) is 0 Å². The highest BCUT2D eigenvalue weighted by Crippen LogP contribution is 2.12. The molecule has 0 radical (unpaired) electrons. The Labute approximate surface area is 123 Å². The van der Waals surface area contributed by atoms with Crippen molar-refractivity contribution < 1.29 is 29.3 Å². The lowest BCUT2D eigenvalue weighted by Gasteiger charge is -2.26. The minimum atomic E-state index is -1.22. The number of ether oxygens (including phenoxy) is 2. The fraction of sp³-hybridized carbons (Fsp3) is 0.467. The Hall–Kier alpha value is -1.76. The van der Waals surface area contributed by atoms with Gasteiger partial charge >= 0.3 is 5.97 Å². The Bertz CT molecular complexity index is 433. The summed E-state index contributed by atoms with van der Waals surface area (Å²) in [5, 5.41) is 19.8. The summed E-state index contributed by atoms with van der Waals surface area (Å²) < 4.78 is 10.2. The van der Waals surface area contributed by atoms with Gasteiger partial charge < -0.3 is 24.5 Å². The van der Waals surface area contributed by atoms with E-state index < -0.39 is 24.3 Å². The van der Waals surface area contributed by atoms with Crippen LogP contribution in [-0.4, -0.2) is 47.4 Å². The Kier molecular flexibility index (Phi) is 7.60. The zero-order valence-electron chi connectivity index (χ0n) is 11.8. The molecule has 0 amide bonds. The summed E-state index contributed by atoms with van der Waals surface area (Å²) in [4.78, 5) is 21.3. The molecule has 0 bridgehead atoms. The molecule has 0 unspecified atom stereocenters. The van der Waals surface area contributed by atoms with Gasteiger partial charge in [0.2, 0.25) is 0 Å². The molecule has 2 N–H and O–H groups in total. The first-order valence-corrected chi connectivity index (χ1v) is 6.63. The highest BCUT2D eigenvalue weighted by Gasteiger charge is 2.28. The summed E-state index contributed by atoms with van der Waals surface area (Å²) in [5.74, 6) is -0.541. The van der Waals surface area contributed by atoms with E-state index in [-0.39, 0.29) is 19.6 Å². The minimum Gasteiger partial charge on any atom is -0.463 e. The van der Waals surface area contributed by atoms with Crippen LogP contribution in [0, 0.1) is 0 Å². The fourth-order valence-corrected chi connectivity index (χ4v) is 1.78. The van der Waals surface area contributed by atoms with Crippen LogP contribution in [0.4, 0.5) is 0 Å². The van der Waals surface area contributed by atoms with Crippen LogP contribution in [0.2, 0.25) is 0 Å². The largest absolute Gasteiger partial charge is 0.463 e. The van der Waals surface area contributed by atoms with Gasteiger partial charge in [0.15, 0.2) is 0 Å². The molecular weight excluding hydrogens is 276 g/mol. The first-order valence-electron chi connectivity index (χ1n) is 6.63. The summed E-state index contributed by atoms with van der Waals surface area (Å²) in [6, 6.07) is 9.21. The third-order valence-electron chi connectivity index (χ3n) is 2.84. The van der Waals surface area contributed by atoms with Gasteiger partial charge in [-0.2, -0.15) is 0 Å². The number of carbonyl (C=O) groups excluding carboxylic acids is 2. The van der Waals surface area contributed by atoms with Crippen molar-refractivity contribution in [2.24, 2.45) is 0 Å². The van der Waals surface area contributed by atoms with E-state index in [1.54, 1.807) is 0 Å². The van der Waals surface area contributed by atoms with E-state index in [0.717, 1.165) is 5.56 Å². The van der Waals surface area contributed by atoms with Gasteiger partial charge in [0.05, 0.1) is 12.7 Å². The van der Waals surface area contributed by atoms with Crippen LogP contribution >= 0.6 is 0 Å². The van der Waals surface area contributed by atoms with Gasteiger partial charge in [0.1, 0.15) is 25.1 Å². The molecule has 0 aliphatic heterocycles. The molecule has 0 aromatic heterocycles. The van der Waals surface area contributed by atoms with E-state index in [4.69, 9.17) is 9.47 Å². The van der Waals surface area contributed by atoms with Gasteiger partial charge in [0.25, 0.3) is 0 Å². The maximum absolute atomic E-state index is 10.8. The normalized spacial score (nSPS) is 15.0. The Balaban J connectivity index is 2.62. The van der Waals surface area contributed by atoms with Crippen molar-refractivity contribution in [3.8, 4) is 0 Å². The van der Waals surface area contributed by atoms with Crippen LogP contribution in [0.15, 0.2) is 30.3 Å². The van der Waals surface area contributed by atoms with Crippen LogP contribution in [0.3, 0.4) is 0 Å². The van der Waals surface area contributed by atoms with Crippen molar-refractivity contribution >= 4 is 12.3 Å². The molecule has 116 valence electrons. The van der Waals surface area contributed by atoms with Gasteiger partial charge in [0, 0.05) is 13.3 Å². The zero-order valence-corrected chi connectivity index (χ0v) is 11.8. The van der Waals surface area contributed by atoms with Crippen molar-refractivity contribution in [1.82, 2.24) is 0 Å². The first-order chi connectivity index (χ1) is 10.0. The van der Waals surface area contributed by atoms with Gasteiger partial charge in [-0.25, -0.2) is 0 Å². The zero-order chi connectivity index (χ0) is 15.7. The van der Waals surface area contributed by atoms with Crippen molar-refractivity contribution in [2.75, 3.05) is 6.61 Å². The monoisotopic (exact) mass is 296 g/mol. The highest BCUT2D eigenvalue weighted by molar-refractivity contribution is 5.65. The fourth-order valence-electron chi connectivity index (χ4n) is 1.78. The van der Waals surface area contributed by atoms with Crippen LogP contribution < -0.4 is 0 Å². The average Bonchev–Trinajstić information content (AvgIpc) is 2.46. The number of aliphatic hydroxyl groups is 2. The number of carbonyl (C=O) groups is 2. The second kappa shape index (κ2) is 9.23. The van der Waals surface area contributed by atoms with Gasteiger partial charge in [-0.05, 0) is 5.56 Å². The third-order valence-corrected chi connectivity index (χ3v) is 2.84. The molecule has 1 aromatic rings. The number of aliphatic hydroxyl groups excluding tert-OH is 2. The smallest absolute Gasteiger partial charge is 0.302 e. The molecular formula is C15H20O6. The summed E-state index contributed by atoms with van der Waals surface area (Å²) in [5.41, 5.74) is 0.862. The topological polar surface area (TPSA) is 93.1 Å². The summed E-state index contributed by atoms with van der Waals surface area (Å²) in [6.07, 6.45) is -3.03. The average molecular weight is 296 g/mol. The van der Waals surface area contributed by atoms with Gasteiger partial charge in [-0.15, -0.1) is 0 Å². The molecule has 3 atom stereocenters. The number of aldehydes is 1.